The van der Waals surface area contributed by atoms with Crippen LogP contribution in [0, 0.1) is 0 Å². The number of alkyl carbamates (subject to hydrolysis) is 1. The average Bonchev–Trinajstić information content (AvgIpc) is 2.83. The van der Waals surface area contributed by atoms with Crippen LogP contribution >= 0.6 is 11.6 Å². The predicted molar refractivity (Wildman–Crippen MR) is 148 cm³/mol. The van der Waals surface area contributed by atoms with Crippen molar-refractivity contribution in [3.8, 4) is 5.75 Å². The normalized spacial score (nSPS) is 13.7. The van der Waals surface area contributed by atoms with E-state index in [0.717, 1.165) is 11.1 Å². The van der Waals surface area contributed by atoms with Crippen molar-refractivity contribution in [3.05, 3.63) is 101 Å². The predicted octanol–water partition coefficient (Wildman–Crippen LogP) is 5.27. The molecule has 2 amide bonds. The van der Waals surface area contributed by atoms with Gasteiger partial charge in [-0.25, -0.2) is 4.79 Å². The Bertz CT molecular complexity index is 1200. The third-order valence-electron chi connectivity index (χ3n) is 5.85. The molecule has 0 unspecified atom stereocenters. The van der Waals surface area contributed by atoms with E-state index in [2.05, 4.69) is 10.6 Å². The molecule has 202 valence electrons. The van der Waals surface area contributed by atoms with E-state index in [1.807, 2.05) is 60.7 Å². The second-order valence-electron chi connectivity index (χ2n) is 10.3. The molecule has 0 spiro atoms. The maximum atomic E-state index is 13.1. The Balaban J connectivity index is 1.82. The minimum Gasteiger partial charge on any atom is -0.508 e. The van der Waals surface area contributed by atoms with Gasteiger partial charge in [0.1, 0.15) is 11.4 Å². The van der Waals surface area contributed by atoms with E-state index in [-0.39, 0.29) is 22.8 Å². The number of hydrogen-bond acceptors (Lipinski definition) is 5. The summed E-state index contributed by atoms with van der Waals surface area (Å²) in [7, 11) is 0. The van der Waals surface area contributed by atoms with Crippen molar-refractivity contribution in [2.24, 2.45) is 0 Å². The van der Waals surface area contributed by atoms with Crippen molar-refractivity contribution in [2.45, 2.75) is 63.8 Å². The number of hydrogen-bond donors (Lipinski definition) is 4. The number of halogens is 1. The number of rotatable bonds is 10. The summed E-state index contributed by atoms with van der Waals surface area (Å²) in [5.74, 6) is -0.529. The van der Waals surface area contributed by atoms with E-state index in [9.17, 15) is 19.8 Å². The Morgan fingerprint density at radius 3 is 2.03 bits per heavy atom. The van der Waals surface area contributed by atoms with Gasteiger partial charge in [-0.15, -0.1) is 0 Å². The van der Waals surface area contributed by atoms with Crippen LogP contribution in [0.4, 0.5) is 4.79 Å². The fraction of sp³-hybridized carbons (Fsp3) is 0.333. The molecule has 8 heteroatoms. The molecule has 3 rings (SSSR count). The lowest BCUT2D eigenvalue weighted by molar-refractivity contribution is 0.0463. The lowest BCUT2D eigenvalue weighted by Crippen LogP contribution is -2.49. The second-order valence-corrected chi connectivity index (χ2v) is 10.7. The van der Waals surface area contributed by atoms with Crippen molar-refractivity contribution < 1.29 is 24.5 Å². The second kappa shape index (κ2) is 13.3. The Labute approximate surface area is 228 Å². The third kappa shape index (κ3) is 9.39. The zero-order valence-electron chi connectivity index (χ0n) is 21.9. The fourth-order valence-electron chi connectivity index (χ4n) is 4.11. The number of carbonyl (C=O) groups is 2. The molecule has 38 heavy (non-hydrogen) atoms. The first kappa shape index (κ1) is 29.0. The number of nitrogens with one attached hydrogen (secondary N) is 2. The van der Waals surface area contributed by atoms with Gasteiger partial charge in [0, 0.05) is 6.04 Å². The van der Waals surface area contributed by atoms with Gasteiger partial charge < -0.3 is 25.6 Å². The maximum absolute atomic E-state index is 13.1. The number of aliphatic hydroxyl groups excluding tert-OH is 1. The number of phenols is 1. The van der Waals surface area contributed by atoms with Gasteiger partial charge in [-0.3, -0.25) is 4.79 Å². The van der Waals surface area contributed by atoms with E-state index < -0.39 is 35.8 Å². The summed E-state index contributed by atoms with van der Waals surface area (Å²) in [6.07, 6.45) is -0.611. The van der Waals surface area contributed by atoms with Crippen LogP contribution in [0.3, 0.4) is 0 Å². The van der Waals surface area contributed by atoms with Gasteiger partial charge in [-0.05, 0) is 69.4 Å². The van der Waals surface area contributed by atoms with Gasteiger partial charge in [0.15, 0.2) is 0 Å². The first-order valence-corrected chi connectivity index (χ1v) is 12.9. The minimum atomic E-state index is -1.02. The van der Waals surface area contributed by atoms with Gasteiger partial charge >= 0.3 is 6.09 Å². The van der Waals surface area contributed by atoms with E-state index in [1.165, 1.54) is 18.2 Å². The summed E-state index contributed by atoms with van der Waals surface area (Å²) in [5.41, 5.74) is 1.42. The average molecular weight is 539 g/mol. The van der Waals surface area contributed by atoms with Crippen LogP contribution in [0.25, 0.3) is 0 Å². The largest absolute Gasteiger partial charge is 0.508 e. The number of aliphatic hydroxyl groups is 1. The maximum Gasteiger partial charge on any atom is 0.407 e. The van der Waals surface area contributed by atoms with Gasteiger partial charge in [0.25, 0.3) is 5.91 Å². The number of phenolic OH excluding ortho intramolecular Hbond substituents is 1. The van der Waals surface area contributed by atoms with Crippen molar-refractivity contribution in [1.82, 2.24) is 10.6 Å². The van der Waals surface area contributed by atoms with E-state index >= 15 is 0 Å². The number of amides is 2. The smallest absolute Gasteiger partial charge is 0.407 e. The molecule has 0 heterocycles. The highest BCUT2D eigenvalue weighted by molar-refractivity contribution is 6.34. The van der Waals surface area contributed by atoms with Gasteiger partial charge in [-0.1, -0.05) is 72.3 Å². The molecule has 3 aromatic rings. The minimum absolute atomic E-state index is 0.0515. The molecular formula is C30H35ClN2O5. The molecule has 0 radical (unpaired) electrons. The highest BCUT2D eigenvalue weighted by Crippen LogP contribution is 2.22. The fourth-order valence-corrected chi connectivity index (χ4v) is 4.37. The topological polar surface area (TPSA) is 108 Å². The standard InChI is InChI=1S/C30H35ClN2O5/c1-30(2,3)38-29(37)32-22(16-20-10-6-4-7-11-20)18-27(35)26(17-21-12-8-5-9-13-21)33-28(36)24-15-14-23(34)19-25(24)31/h4-15,19,22,26-27,34-35H,16-18H2,1-3H3,(H,32,37)(H,33,36)/t22-,26-,27-/m0/s1. The molecule has 4 N–H and O–H groups in total. The van der Waals surface area contributed by atoms with Crippen LogP contribution < -0.4 is 10.6 Å². The molecule has 3 aromatic carbocycles. The Morgan fingerprint density at radius 1 is 0.895 bits per heavy atom. The number of benzene rings is 3. The quantitative estimate of drug-likeness (QED) is 0.281. The lowest BCUT2D eigenvalue weighted by atomic mass is 9.93. The lowest BCUT2D eigenvalue weighted by Gasteiger charge is -2.29. The zero-order chi connectivity index (χ0) is 27.7. The molecular weight excluding hydrogens is 504 g/mol. The zero-order valence-corrected chi connectivity index (χ0v) is 22.6. The molecule has 0 saturated heterocycles. The number of carbonyl (C=O) groups excluding carboxylic acids is 2. The molecule has 0 bridgehead atoms. The summed E-state index contributed by atoms with van der Waals surface area (Å²) in [6, 6.07) is 22.1. The van der Waals surface area contributed by atoms with E-state index in [4.69, 9.17) is 16.3 Å². The molecule has 0 aliphatic heterocycles. The van der Waals surface area contributed by atoms with Crippen molar-refractivity contribution in [2.75, 3.05) is 0 Å². The molecule has 0 aliphatic rings. The molecule has 3 atom stereocenters. The molecule has 0 aromatic heterocycles. The van der Waals surface area contributed by atoms with Gasteiger partial charge in [-0.2, -0.15) is 0 Å². The Hall–Kier alpha value is -3.55. The molecule has 0 aliphatic carbocycles. The van der Waals surface area contributed by atoms with Crippen molar-refractivity contribution in [3.63, 3.8) is 0 Å². The van der Waals surface area contributed by atoms with Crippen LogP contribution in [0.1, 0.15) is 48.7 Å². The van der Waals surface area contributed by atoms with E-state index in [1.54, 1.807) is 20.8 Å². The van der Waals surface area contributed by atoms with Gasteiger partial charge in [0.05, 0.1) is 22.7 Å². The summed E-state index contributed by atoms with van der Waals surface area (Å²) in [6.45, 7) is 5.36. The highest BCUT2D eigenvalue weighted by atomic mass is 35.5. The van der Waals surface area contributed by atoms with E-state index in [0.29, 0.717) is 12.8 Å². The monoisotopic (exact) mass is 538 g/mol. The summed E-state index contributed by atoms with van der Waals surface area (Å²) in [5, 5.41) is 26.9. The molecule has 0 saturated carbocycles. The molecule has 7 nitrogen and oxygen atoms in total. The summed E-state index contributed by atoms with van der Waals surface area (Å²) < 4.78 is 5.45. The summed E-state index contributed by atoms with van der Waals surface area (Å²) >= 11 is 6.19. The van der Waals surface area contributed by atoms with Crippen LogP contribution in [0.15, 0.2) is 78.9 Å². The molecule has 0 fully saturated rings. The van der Waals surface area contributed by atoms with Crippen molar-refractivity contribution >= 4 is 23.6 Å². The SMILES string of the molecule is CC(C)(C)OC(=O)N[C@@H](Cc1ccccc1)C[C@H](O)[C@H](Cc1ccccc1)NC(=O)c1ccc(O)cc1Cl. The van der Waals surface area contributed by atoms with Crippen LogP contribution in [-0.4, -0.2) is 46.0 Å². The number of aromatic hydroxyl groups is 1. The Kier molecular flexibility index (Phi) is 10.2. The van der Waals surface area contributed by atoms with Gasteiger partial charge in [0.2, 0.25) is 0 Å². The van der Waals surface area contributed by atoms with Crippen molar-refractivity contribution in [1.29, 1.82) is 0 Å². The van der Waals surface area contributed by atoms with Crippen LogP contribution in [0.2, 0.25) is 5.02 Å². The highest BCUT2D eigenvalue weighted by Gasteiger charge is 2.28. The van der Waals surface area contributed by atoms with Crippen LogP contribution in [0.5, 0.6) is 5.75 Å². The van der Waals surface area contributed by atoms with Crippen LogP contribution in [-0.2, 0) is 17.6 Å². The first-order valence-electron chi connectivity index (χ1n) is 12.5. The Morgan fingerprint density at radius 2 is 1.47 bits per heavy atom. The summed E-state index contributed by atoms with van der Waals surface area (Å²) in [4.78, 5) is 25.7. The number of ether oxygens (including phenoxy) is 1. The third-order valence-corrected chi connectivity index (χ3v) is 6.16. The first-order chi connectivity index (χ1) is 18.0.